The van der Waals surface area contributed by atoms with Gasteiger partial charge in [-0.3, -0.25) is 4.79 Å². The van der Waals surface area contributed by atoms with Crippen molar-refractivity contribution < 1.29 is 19.8 Å². The molecule has 0 radical (unpaired) electrons. The lowest BCUT2D eigenvalue weighted by molar-refractivity contribution is -0.146. The minimum absolute atomic E-state index is 0.115. The third-order valence-corrected chi connectivity index (χ3v) is 2.31. The summed E-state index contributed by atoms with van der Waals surface area (Å²) in [6.45, 7) is -0.304. The molecule has 0 saturated carbocycles. The first-order valence-electron chi connectivity index (χ1n) is 4.91. The number of carboxylic acids is 1. The third kappa shape index (κ3) is 4.84. The molecule has 1 aromatic carbocycles. The van der Waals surface area contributed by atoms with Crippen molar-refractivity contribution in [2.75, 3.05) is 6.54 Å². The number of carboxylic acid groups (broad SMARTS) is 1. The number of halogens is 1. The van der Waals surface area contributed by atoms with Gasteiger partial charge in [0.2, 0.25) is 5.91 Å². The van der Waals surface area contributed by atoms with E-state index in [-0.39, 0.29) is 18.9 Å². The van der Waals surface area contributed by atoms with E-state index in [1.807, 2.05) is 0 Å². The summed E-state index contributed by atoms with van der Waals surface area (Å²) in [4.78, 5) is 21.7. The molecule has 0 aliphatic heterocycles. The molecular weight excluding hydrogens is 246 g/mol. The number of hydrogen-bond donors (Lipinski definition) is 3. The average molecular weight is 258 g/mol. The summed E-state index contributed by atoms with van der Waals surface area (Å²) in [5, 5.41) is 20.2. The van der Waals surface area contributed by atoms with Crippen molar-refractivity contribution in [1.82, 2.24) is 5.32 Å². The summed E-state index contributed by atoms with van der Waals surface area (Å²) in [7, 11) is 0. The molecule has 0 aliphatic rings. The van der Waals surface area contributed by atoms with E-state index < -0.39 is 12.1 Å². The summed E-state index contributed by atoms with van der Waals surface area (Å²) in [5.74, 6) is -1.72. The molecule has 92 valence electrons. The van der Waals surface area contributed by atoms with E-state index in [4.69, 9.17) is 21.8 Å². The number of aliphatic carboxylic acids is 1. The van der Waals surface area contributed by atoms with Gasteiger partial charge in [0.1, 0.15) is 0 Å². The van der Waals surface area contributed by atoms with Gasteiger partial charge in [-0.1, -0.05) is 23.7 Å². The Labute approximate surface area is 103 Å². The van der Waals surface area contributed by atoms with Crippen LogP contribution in [0.5, 0.6) is 0 Å². The fourth-order valence-electron chi connectivity index (χ4n) is 1.15. The molecule has 0 spiro atoms. The van der Waals surface area contributed by atoms with Gasteiger partial charge in [-0.15, -0.1) is 0 Å². The number of benzene rings is 1. The Bertz CT molecular complexity index is 404. The van der Waals surface area contributed by atoms with Crippen LogP contribution < -0.4 is 5.32 Å². The molecular formula is C11H12ClNO4. The zero-order valence-corrected chi connectivity index (χ0v) is 9.65. The molecule has 0 aliphatic carbocycles. The normalized spacial score (nSPS) is 11.9. The predicted molar refractivity (Wildman–Crippen MR) is 61.8 cm³/mol. The molecule has 1 atom stereocenters. The van der Waals surface area contributed by atoms with Crippen molar-refractivity contribution in [3.63, 3.8) is 0 Å². The molecule has 6 heteroatoms. The van der Waals surface area contributed by atoms with Crippen LogP contribution in [0, 0.1) is 0 Å². The number of hydrogen-bond acceptors (Lipinski definition) is 3. The van der Waals surface area contributed by atoms with Crippen molar-refractivity contribution in [1.29, 1.82) is 0 Å². The van der Waals surface area contributed by atoms with Crippen molar-refractivity contribution in [3.8, 4) is 0 Å². The van der Waals surface area contributed by atoms with Gasteiger partial charge in [-0.25, -0.2) is 4.79 Å². The summed E-state index contributed by atoms with van der Waals surface area (Å²) in [6.07, 6.45) is -1.46. The molecule has 1 rings (SSSR count). The molecule has 0 heterocycles. The maximum Gasteiger partial charge on any atom is 0.334 e. The van der Waals surface area contributed by atoms with Crippen LogP contribution in [0.2, 0.25) is 5.02 Å². The van der Waals surface area contributed by atoms with Crippen LogP contribution >= 0.6 is 11.6 Å². The molecule has 0 saturated heterocycles. The van der Waals surface area contributed by atoms with Crippen LogP contribution in [-0.4, -0.2) is 34.7 Å². The van der Waals surface area contributed by atoms with Crippen LogP contribution in [0.15, 0.2) is 24.3 Å². The van der Waals surface area contributed by atoms with Gasteiger partial charge in [-0.05, 0) is 17.7 Å². The van der Waals surface area contributed by atoms with Crippen LogP contribution in [-0.2, 0) is 16.0 Å². The third-order valence-electron chi connectivity index (χ3n) is 2.06. The van der Waals surface area contributed by atoms with Gasteiger partial charge < -0.3 is 15.5 Å². The number of carbonyl (C=O) groups excluding carboxylic acids is 1. The highest BCUT2D eigenvalue weighted by molar-refractivity contribution is 6.30. The number of aliphatic hydroxyl groups is 1. The van der Waals surface area contributed by atoms with Crippen LogP contribution in [0.1, 0.15) is 5.56 Å². The number of rotatable bonds is 5. The van der Waals surface area contributed by atoms with Crippen molar-refractivity contribution in [2.45, 2.75) is 12.5 Å². The van der Waals surface area contributed by atoms with E-state index in [1.165, 1.54) is 0 Å². The Morgan fingerprint density at radius 3 is 2.41 bits per heavy atom. The highest BCUT2D eigenvalue weighted by Crippen LogP contribution is 2.09. The fraction of sp³-hybridized carbons (Fsp3) is 0.273. The maximum atomic E-state index is 11.4. The van der Waals surface area contributed by atoms with Crippen LogP contribution in [0.4, 0.5) is 0 Å². The minimum Gasteiger partial charge on any atom is -0.479 e. The lowest BCUT2D eigenvalue weighted by Crippen LogP contribution is -2.37. The second-order valence-electron chi connectivity index (χ2n) is 3.46. The molecule has 5 nitrogen and oxygen atoms in total. The minimum atomic E-state index is -1.58. The van der Waals surface area contributed by atoms with Crippen LogP contribution in [0.25, 0.3) is 0 Å². The maximum absolute atomic E-state index is 11.4. The SMILES string of the molecule is O=C(Cc1ccc(Cl)cc1)NCC(O)C(=O)O. The fourth-order valence-corrected chi connectivity index (χ4v) is 1.27. The van der Waals surface area contributed by atoms with E-state index in [0.717, 1.165) is 5.56 Å². The number of amides is 1. The molecule has 3 N–H and O–H groups in total. The second-order valence-corrected chi connectivity index (χ2v) is 3.90. The quantitative estimate of drug-likeness (QED) is 0.715. The van der Waals surface area contributed by atoms with Crippen molar-refractivity contribution in [3.05, 3.63) is 34.9 Å². The monoisotopic (exact) mass is 257 g/mol. The summed E-state index contributed by atoms with van der Waals surface area (Å²) in [6, 6.07) is 6.73. The number of aliphatic hydroxyl groups excluding tert-OH is 1. The highest BCUT2D eigenvalue weighted by Gasteiger charge is 2.14. The van der Waals surface area contributed by atoms with Gasteiger partial charge in [0.05, 0.1) is 13.0 Å². The molecule has 1 unspecified atom stereocenters. The van der Waals surface area contributed by atoms with Gasteiger partial charge >= 0.3 is 5.97 Å². The van der Waals surface area contributed by atoms with E-state index in [1.54, 1.807) is 24.3 Å². The first-order chi connectivity index (χ1) is 7.99. The van der Waals surface area contributed by atoms with E-state index in [0.29, 0.717) is 5.02 Å². The number of nitrogens with one attached hydrogen (secondary N) is 1. The van der Waals surface area contributed by atoms with Gasteiger partial charge in [0.25, 0.3) is 0 Å². The molecule has 0 bridgehead atoms. The molecule has 0 aromatic heterocycles. The summed E-state index contributed by atoms with van der Waals surface area (Å²) >= 11 is 5.69. The first-order valence-corrected chi connectivity index (χ1v) is 5.29. The van der Waals surface area contributed by atoms with E-state index >= 15 is 0 Å². The Hall–Kier alpha value is -1.59. The smallest absolute Gasteiger partial charge is 0.334 e. The standard InChI is InChI=1S/C11H12ClNO4/c12-8-3-1-7(2-4-8)5-10(15)13-6-9(14)11(16)17/h1-4,9,14H,5-6H2,(H,13,15)(H,16,17). The first kappa shape index (κ1) is 13.5. The second kappa shape index (κ2) is 6.22. The van der Waals surface area contributed by atoms with E-state index in [2.05, 4.69) is 5.32 Å². The van der Waals surface area contributed by atoms with Gasteiger partial charge in [0.15, 0.2) is 6.10 Å². The zero-order chi connectivity index (χ0) is 12.8. The zero-order valence-electron chi connectivity index (χ0n) is 8.89. The lowest BCUT2D eigenvalue weighted by Gasteiger charge is -2.07. The van der Waals surface area contributed by atoms with Gasteiger partial charge in [0, 0.05) is 5.02 Å². The average Bonchev–Trinajstić information content (AvgIpc) is 2.29. The topological polar surface area (TPSA) is 86.6 Å². The van der Waals surface area contributed by atoms with E-state index in [9.17, 15) is 9.59 Å². The number of carbonyl (C=O) groups is 2. The molecule has 0 fully saturated rings. The van der Waals surface area contributed by atoms with Crippen molar-refractivity contribution >= 4 is 23.5 Å². The Balaban J connectivity index is 2.39. The largest absolute Gasteiger partial charge is 0.479 e. The Morgan fingerprint density at radius 2 is 1.88 bits per heavy atom. The molecule has 17 heavy (non-hydrogen) atoms. The molecule has 1 aromatic rings. The summed E-state index contributed by atoms with van der Waals surface area (Å²) < 4.78 is 0. The predicted octanol–water partition coefficient (Wildman–Crippen LogP) is 0.444. The van der Waals surface area contributed by atoms with Crippen LogP contribution in [0.3, 0.4) is 0 Å². The Kier molecular flexibility index (Phi) is 4.93. The Morgan fingerprint density at radius 1 is 1.29 bits per heavy atom. The summed E-state index contributed by atoms with van der Waals surface area (Å²) in [5.41, 5.74) is 0.761. The molecule has 1 amide bonds. The van der Waals surface area contributed by atoms with Crippen molar-refractivity contribution in [2.24, 2.45) is 0 Å². The highest BCUT2D eigenvalue weighted by atomic mass is 35.5. The lowest BCUT2D eigenvalue weighted by atomic mass is 10.1. The van der Waals surface area contributed by atoms with Gasteiger partial charge in [-0.2, -0.15) is 0 Å².